The molecule has 9 heteroatoms. The van der Waals surface area contributed by atoms with E-state index in [1.807, 2.05) is 30.5 Å². The summed E-state index contributed by atoms with van der Waals surface area (Å²) >= 11 is 7.19. The van der Waals surface area contributed by atoms with Crippen LogP contribution in [0.5, 0.6) is 0 Å². The van der Waals surface area contributed by atoms with Gasteiger partial charge in [0, 0.05) is 42.5 Å². The second-order valence-electron chi connectivity index (χ2n) is 11.1. The SMILES string of the molecule is C=CC(=O)N1C[C@H](C)N(c2nc(=O)n3c4c2cc(Cl)c(-c2ccccc2C)[n+]4C(C)c2nccc(CC)c2-3)[C@@H](C)C1. The molecule has 3 aromatic heterocycles. The predicted octanol–water partition coefficient (Wildman–Crippen LogP) is 4.79. The number of amides is 1. The van der Waals surface area contributed by atoms with Crippen LogP contribution in [0.4, 0.5) is 5.82 Å². The highest BCUT2D eigenvalue weighted by molar-refractivity contribution is 6.33. The van der Waals surface area contributed by atoms with Crippen molar-refractivity contribution in [1.29, 1.82) is 0 Å². The summed E-state index contributed by atoms with van der Waals surface area (Å²) in [6.45, 7) is 15.0. The zero-order valence-corrected chi connectivity index (χ0v) is 24.8. The summed E-state index contributed by atoms with van der Waals surface area (Å²) in [5.74, 6) is 0.483. The van der Waals surface area contributed by atoms with Gasteiger partial charge >= 0.3 is 11.3 Å². The van der Waals surface area contributed by atoms with Gasteiger partial charge in [-0.1, -0.05) is 49.4 Å². The third-order valence-corrected chi connectivity index (χ3v) is 8.81. The minimum absolute atomic E-state index is 0.0858. The lowest BCUT2D eigenvalue weighted by atomic mass is 9.98. The molecule has 0 saturated carbocycles. The molecule has 2 aliphatic heterocycles. The molecule has 0 radical (unpaired) electrons. The molecule has 5 heterocycles. The van der Waals surface area contributed by atoms with E-state index in [1.54, 1.807) is 9.47 Å². The van der Waals surface area contributed by atoms with Crippen LogP contribution >= 0.6 is 11.6 Å². The Morgan fingerprint density at radius 1 is 1.17 bits per heavy atom. The van der Waals surface area contributed by atoms with Gasteiger partial charge in [-0.15, -0.1) is 4.57 Å². The number of aromatic nitrogens is 4. The molecule has 41 heavy (non-hydrogen) atoms. The van der Waals surface area contributed by atoms with E-state index < -0.39 is 0 Å². The Bertz CT molecular complexity index is 1790. The number of fused-ring (bicyclic) bond motifs is 2. The third kappa shape index (κ3) is 4.07. The maximum absolute atomic E-state index is 14.2. The first-order valence-corrected chi connectivity index (χ1v) is 14.5. The number of anilines is 1. The Labute approximate surface area is 244 Å². The smallest absolute Gasteiger partial charge is 0.347 e. The van der Waals surface area contributed by atoms with Crippen molar-refractivity contribution < 1.29 is 9.36 Å². The van der Waals surface area contributed by atoms with Gasteiger partial charge in [-0.3, -0.25) is 9.78 Å². The number of pyridine rings is 2. The van der Waals surface area contributed by atoms with Gasteiger partial charge in [-0.05, 0) is 57.9 Å². The van der Waals surface area contributed by atoms with Gasteiger partial charge in [0.25, 0.3) is 0 Å². The molecule has 1 saturated heterocycles. The summed E-state index contributed by atoms with van der Waals surface area (Å²) in [6.07, 6.45) is 3.91. The molecule has 1 fully saturated rings. The average Bonchev–Trinajstić information content (AvgIpc) is 2.95. The van der Waals surface area contributed by atoms with E-state index in [-0.39, 0.29) is 29.7 Å². The number of carbonyl (C=O) groups excluding carboxylic acids is 1. The van der Waals surface area contributed by atoms with E-state index in [0.717, 1.165) is 51.2 Å². The van der Waals surface area contributed by atoms with Crippen LogP contribution in [0, 0.1) is 6.92 Å². The van der Waals surface area contributed by atoms with Crippen molar-refractivity contribution in [3.8, 4) is 16.9 Å². The number of nitrogens with zero attached hydrogens (tertiary/aromatic N) is 6. The molecule has 1 aromatic carbocycles. The van der Waals surface area contributed by atoms with Crippen molar-refractivity contribution >= 4 is 34.4 Å². The monoisotopic (exact) mass is 569 g/mol. The average molecular weight is 570 g/mol. The van der Waals surface area contributed by atoms with Crippen molar-refractivity contribution in [1.82, 2.24) is 19.4 Å². The number of benzene rings is 1. The highest BCUT2D eigenvalue weighted by atomic mass is 35.5. The Kier molecular flexibility index (Phi) is 6.69. The molecule has 210 valence electrons. The van der Waals surface area contributed by atoms with Gasteiger partial charge in [0.1, 0.15) is 17.1 Å². The number of piperazine rings is 1. The maximum atomic E-state index is 14.2. The maximum Gasteiger partial charge on any atom is 0.442 e. The Morgan fingerprint density at radius 2 is 1.88 bits per heavy atom. The van der Waals surface area contributed by atoms with Crippen LogP contribution in [0.2, 0.25) is 5.02 Å². The third-order valence-electron chi connectivity index (χ3n) is 8.53. The molecular formula is C32H34ClN6O2+. The fourth-order valence-electron chi connectivity index (χ4n) is 6.70. The number of hydrogen-bond donors (Lipinski definition) is 0. The van der Waals surface area contributed by atoms with E-state index in [9.17, 15) is 9.59 Å². The molecule has 1 unspecified atom stereocenters. The minimum atomic E-state index is -0.362. The quantitative estimate of drug-likeness (QED) is 0.261. The summed E-state index contributed by atoms with van der Waals surface area (Å²) < 4.78 is 3.89. The fourth-order valence-corrected chi connectivity index (χ4v) is 7.00. The number of aryl methyl sites for hydroxylation is 2. The van der Waals surface area contributed by atoms with Gasteiger partial charge in [0.05, 0.1) is 5.02 Å². The number of halogens is 1. The molecule has 4 aromatic rings. The molecule has 6 rings (SSSR count). The van der Waals surface area contributed by atoms with Crippen LogP contribution < -0.4 is 15.2 Å². The molecule has 0 bridgehead atoms. The van der Waals surface area contributed by atoms with Crippen molar-refractivity contribution in [3.05, 3.63) is 87.6 Å². The van der Waals surface area contributed by atoms with Crippen LogP contribution in [-0.4, -0.2) is 50.5 Å². The highest BCUT2D eigenvalue weighted by Gasteiger charge is 2.42. The molecule has 3 atom stereocenters. The van der Waals surface area contributed by atoms with Crippen LogP contribution in [-0.2, 0) is 11.2 Å². The topological polar surface area (TPSA) is 75.2 Å². The summed E-state index contributed by atoms with van der Waals surface area (Å²) in [5.41, 5.74) is 5.96. The minimum Gasteiger partial charge on any atom is -0.347 e. The van der Waals surface area contributed by atoms with E-state index in [0.29, 0.717) is 23.9 Å². The largest absolute Gasteiger partial charge is 0.442 e. The van der Waals surface area contributed by atoms with E-state index in [4.69, 9.17) is 21.6 Å². The lowest BCUT2D eigenvalue weighted by molar-refractivity contribution is -0.679. The molecule has 0 aliphatic carbocycles. The predicted molar refractivity (Wildman–Crippen MR) is 162 cm³/mol. The normalized spacial score (nSPS) is 19.8. The number of rotatable bonds is 4. The lowest BCUT2D eigenvalue weighted by Crippen LogP contribution is -2.59. The Balaban J connectivity index is 1.71. The highest BCUT2D eigenvalue weighted by Crippen LogP contribution is 2.39. The van der Waals surface area contributed by atoms with Gasteiger partial charge in [0.2, 0.25) is 5.91 Å². The first kappa shape index (κ1) is 27.1. The molecule has 2 aliphatic rings. The summed E-state index contributed by atoms with van der Waals surface area (Å²) in [5, 5.41) is 1.36. The van der Waals surface area contributed by atoms with Crippen molar-refractivity contribution in [3.63, 3.8) is 0 Å². The second kappa shape index (κ2) is 10.1. The molecule has 1 amide bonds. The second-order valence-corrected chi connectivity index (χ2v) is 11.5. The summed E-state index contributed by atoms with van der Waals surface area (Å²) in [6, 6.07) is 11.7. The zero-order chi connectivity index (χ0) is 29.2. The Hall–Kier alpha value is -4.04. The molecular weight excluding hydrogens is 536 g/mol. The standard InChI is InChI=1S/C32H34ClN6O2/c1-7-22-13-14-34-27-21(6)38-29(23-12-10-9-11-18(23)3)25(33)15-24-30(35-32(41)39(28(22)27)31(24)38)37-19(4)16-36(17-20(37)5)26(40)8-2/h8-15,19-21H,2,7,16-17H2,1,3-6H3/q+1/t19-,20-,21?/m0/s1. The van der Waals surface area contributed by atoms with Crippen molar-refractivity contribution in [2.75, 3.05) is 18.0 Å². The van der Waals surface area contributed by atoms with E-state index >= 15 is 0 Å². The van der Waals surface area contributed by atoms with Gasteiger partial charge in [-0.25, -0.2) is 9.36 Å². The number of hydrogen-bond acceptors (Lipinski definition) is 5. The first-order chi connectivity index (χ1) is 19.7. The summed E-state index contributed by atoms with van der Waals surface area (Å²) in [7, 11) is 0. The molecule has 0 spiro atoms. The van der Waals surface area contributed by atoms with Crippen LogP contribution in [0.3, 0.4) is 0 Å². The van der Waals surface area contributed by atoms with Gasteiger partial charge in [-0.2, -0.15) is 4.98 Å². The number of carbonyl (C=O) groups is 1. The van der Waals surface area contributed by atoms with Gasteiger partial charge < -0.3 is 9.80 Å². The van der Waals surface area contributed by atoms with Crippen LogP contribution in [0.1, 0.15) is 50.6 Å². The van der Waals surface area contributed by atoms with Crippen LogP contribution in [0.25, 0.3) is 28.0 Å². The van der Waals surface area contributed by atoms with Crippen molar-refractivity contribution in [2.24, 2.45) is 0 Å². The first-order valence-electron chi connectivity index (χ1n) is 14.1. The van der Waals surface area contributed by atoms with E-state index in [1.165, 1.54) is 6.08 Å². The fraction of sp³-hybridized carbons (Fsp3) is 0.344. The van der Waals surface area contributed by atoms with Crippen molar-refractivity contribution in [2.45, 2.75) is 59.2 Å². The zero-order valence-electron chi connectivity index (χ0n) is 24.1. The molecule has 0 N–H and O–H groups in total. The summed E-state index contributed by atoms with van der Waals surface area (Å²) in [4.78, 5) is 40.1. The molecule has 8 nitrogen and oxygen atoms in total. The van der Waals surface area contributed by atoms with Gasteiger partial charge in [0.15, 0.2) is 17.2 Å². The van der Waals surface area contributed by atoms with E-state index in [2.05, 4.69) is 62.8 Å². The Morgan fingerprint density at radius 3 is 2.54 bits per heavy atom. The van der Waals surface area contributed by atoms with Crippen LogP contribution in [0.15, 0.2) is 60.0 Å². The lowest BCUT2D eigenvalue weighted by Gasteiger charge is -2.45.